The Morgan fingerprint density at radius 2 is 1.88 bits per heavy atom. The second-order valence-electron chi connectivity index (χ2n) is 18.9. The van der Waals surface area contributed by atoms with Crippen LogP contribution in [0.15, 0.2) is 58.8 Å². The summed E-state index contributed by atoms with van der Waals surface area (Å²) in [5, 5.41) is 4.54. The third kappa shape index (κ3) is 12.3. The van der Waals surface area contributed by atoms with Gasteiger partial charge in [0.25, 0.3) is 5.91 Å². The van der Waals surface area contributed by atoms with Crippen molar-refractivity contribution in [2.24, 2.45) is 21.3 Å². The van der Waals surface area contributed by atoms with E-state index in [9.17, 15) is 19.2 Å². The van der Waals surface area contributed by atoms with Crippen LogP contribution in [0.5, 0.6) is 0 Å². The normalized spacial score (nSPS) is 19.8. The Hall–Kier alpha value is -5.47. The van der Waals surface area contributed by atoms with Gasteiger partial charge in [-0.15, -0.1) is 0 Å². The molecule has 356 valence electrons. The molecule has 6 rings (SSSR count). The van der Waals surface area contributed by atoms with E-state index < -0.39 is 35.4 Å². The molecule has 1 fully saturated rings. The summed E-state index contributed by atoms with van der Waals surface area (Å²) < 4.78 is 19.2. The van der Waals surface area contributed by atoms with Crippen LogP contribution in [0.3, 0.4) is 0 Å². The Bertz CT molecular complexity index is 2280. The summed E-state index contributed by atoms with van der Waals surface area (Å²) in [5.74, 6) is -1.66. The minimum atomic E-state index is -1.00. The summed E-state index contributed by atoms with van der Waals surface area (Å²) in [6, 6.07) is 10.4. The Kier molecular flexibility index (Phi) is 17.6. The van der Waals surface area contributed by atoms with Gasteiger partial charge in [0.1, 0.15) is 18.1 Å². The van der Waals surface area contributed by atoms with Gasteiger partial charge >= 0.3 is 5.97 Å². The topological polar surface area (TPSA) is 169 Å². The van der Waals surface area contributed by atoms with Crippen molar-refractivity contribution in [2.75, 3.05) is 54.1 Å². The van der Waals surface area contributed by atoms with E-state index in [0.717, 1.165) is 53.0 Å². The second-order valence-corrected chi connectivity index (χ2v) is 18.9. The van der Waals surface area contributed by atoms with Gasteiger partial charge in [-0.2, -0.15) is 0 Å². The number of amides is 3. The largest absolute Gasteiger partial charge is 0.464 e. The number of carbonyl (C=O) groups is 4. The molecule has 2 N–H and O–H groups in total. The Balaban J connectivity index is 1.32. The number of nitrogens with one attached hydrogen (secondary N) is 2. The van der Waals surface area contributed by atoms with Crippen molar-refractivity contribution in [3.8, 4) is 11.3 Å². The molecule has 3 aliphatic rings. The molecule has 0 spiro atoms. The number of ether oxygens (including phenoxy) is 3. The zero-order valence-corrected chi connectivity index (χ0v) is 40.2. The summed E-state index contributed by atoms with van der Waals surface area (Å²) in [7, 11) is 4.98. The Labute approximate surface area is 390 Å². The number of fused-ring (bicyclic) bond motifs is 6. The van der Waals surface area contributed by atoms with Crippen LogP contribution in [-0.2, 0) is 65.8 Å². The van der Waals surface area contributed by atoms with Crippen LogP contribution in [0.4, 0.5) is 0 Å². The third-order valence-electron chi connectivity index (χ3n) is 12.8. The smallest absolute Gasteiger partial charge is 0.324 e. The van der Waals surface area contributed by atoms with Crippen molar-refractivity contribution in [1.82, 2.24) is 30.2 Å². The van der Waals surface area contributed by atoms with E-state index in [4.69, 9.17) is 14.2 Å². The van der Waals surface area contributed by atoms with Gasteiger partial charge in [-0.25, -0.2) is 15.4 Å². The number of aliphatic imine (C=N–C) groups is 2. The summed E-state index contributed by atoms with van der Waals surface area (Å²) in [6.45, 7) is 13.5. The number of carbonyl (C=O) groups excluding carboxylic acids is 4. The fraction of sp³-hybridized carbons (Fsp3) is 0.569. The average Bonchev–Trinajstić information content (AvgIpc) is 3.60. The standard InChI is InChI=1S/C51H70N8O7/c1-9-58-44-19-18-37-28-39(44)40(47(58)41-30-52-23-20-38(41)31-65-8)29-51(4,5)32-66-50(63)42-16-12-24-59(56-42)49(62)43(27-35-14-10-15-36(37)26-35)55-48(61)46(34(2)3)57(6)45(60)17-11-21-53-33-54-22-13-25-64-7/h10,14-15,18-20,23,26,30,34,37,42-43,46,56H,9,11-13,16-17,21-22,24-25,27-29,31-32H2,1-8H3,(H,55,61)/t37?,42-,43-,46-/m0/s1. The van der Waals surface area contributed by atoms with Gasteiger partial charge in [-0.1, -0.05) is 58.0 Å². The summed E-state index contributed by atoms with van der Waals surface area (Å²) in [4.78, 5) is 70.8. The van der Waals surface area contributed by atoms with E-state index in [-0.39, 0.29) is 43.1 Å². The van der Waals surface area contributed by atoms with Gasteiger partial charge in [0.05, 0.1) is 38.0 Å². The van der Waals surface area contributed by atoms with Gasteiger partial charge in [-0.05, 0) is 91.3 Å². The summed E-state index contributed by atoms with van der Waals surface area (Å²) >= 11 is 0. The number of benzene rings is 1. The molecule has 15 heteroatoms. The predicted octanol–water partition coefficient (Wildman–Crippen LogP) is 6.19. The zero-order chi connectivity index (χ0) is 47.4. The van der Waals surface area contributed by atoms with Crippen molar-refractivity contribution in [1.29, 1.82) is 0 Å². The molecule has 1 saturated heterocycles. The number of pyridine rings is 1. The van der Waals surface area contributed by atoms with Gasteiger partial charge in [0.2, 0.25) is 11.8 Å². The number of likely N-dealkylation sites (N-methyl/N-ethyl adjacent to an activating group) is 1. The Morgan fingerprint density at radius 1 is 1.09 bits per heavy atom. The highest BCUT2D eigenvalue weighted by atomic mass is 16.5. The molecule has 3 aromatic rings. The first-order valence-corrected chi connectivity index (χ1v) is 23.6. The molecule has 1 aliphatic carbocycles. The molecule has 1 unspecified atom stereocenters. The first-order valence-electron chi connectivity index (χ1n) is 23.6. The Morgan fingerprint density at radius 3 is 2.62 bits per heavy atom. The molecule has 6 bridgehead atoms. The first kappa shape index (κ1) is 50.0. The lowest BCUT2D eigenvalue weighted by Gasteiger charge is -2.37. The number of allylic oxidation sites excluding steroid dienone is 1. The van der Waals surface area contributed by atoms with E-state index in [2.05, 4.69) is 81.3 Å². The van der Waals surface area contributed by atoms with E-state index in [1.807, 2.05) is 38.2 Å². The number of hydrogen-bond donors (Lipinski definition) is 2. The minimum Gasteiger partial charge on any atom is -0.464 e. The highest BCUT2D eigenvalue weighted by Gasteiger charge is 2.38. The number of hydrazine groups is 1. The molecule has 2 aromatic heterocycles. The van der Waals surface area contributed by atoms with Crippen LogP contribution in [-0.4, -0.2) is 121 Å². The molecule has 0 saturated carbocycles. The number of nitrogens with zero attached hydrogens (tertiary/aromatic N) is 6. The van der Waals surface area contributed by atoms with Crippen LogP contribution in [0, 0.1) is 11.3 Å². The van der Waals surface area contributed by atoms with Crippen molar-refractivity contribution >= 4 is 35.8 Å². The molecular formula is C51H70N8O7. The maximum absolute atomic E-state index is 14.7. The number of aromatic nitrogens is 2. The lowest BCUT2D eigenvalue weighted by molar-refractivity contribution is -0.155. The van der Waals surface area contributed by atoms with E-state index in [1.54, 1.807) is 27.5 Å². The van der Waals surface area contributed by atoms with Crippen LogP contribution < -0.4 is 10.7 Å². The zero-order valence-electron chi connectivity index (χ0n) is 40.2. The molecule has 2 aliphatic heterocycles. The van der Waals surface area contributed by atoms with Crippen LogP contribution in [0.1, 0.15) is 106 Å². The molecule has 4 atom stereocenters. The number of rotatable bonds is 16. The van der Waals surface area contributed by atoms with Crippen molar-refractivity contribution < 1.29 is 33.4 Å². The molecule has 66 heavy (non-hydrogen) atoms. The van der Waals surface area contributed by atoms with E-state index in [1.165, 1.54) is 21.0 Å². The molecular weight excluding hydrogens is 837 g/mol. The maximum atomic E-state index is 14.7. The molecule has 3 amide bonds. The van der Waals surface area contributed by atoms with Crippen LogP contribution in [0.2, 0.25) is 0 Å². The number of hydrogen-bond acceptors (Lipinski definition) is 11. The van der Waals surface area contributed by atoms with E-state index >= 15 is 0 Å². The molecule has 4 heterocycles. The van der Waals surface area contributed by atoms with Gasteiger partial charge in [0, 0.05) is 88.8 Å². The average molecular weight is 907 g/mol. The molecule has 0 radical (unpaired) electrons. The van der Waals surface area contributed by atoms with Crippen molar-refractivity contribution in [3.05, 3.63) is 82.3 Å². The lowest BCUT2D eigenvalue weighted by Crippen LogP contribution is -2.62. The van der Waals surface area contributed by atoms with Crippen LogP contribution in [0.25, 0.3) is 17.3 Å². The van der Waals surface area contributed by atoms with Gasteiger partial charge < -0.3 is 29.0 Å². The SMILES string of the molecule is CCn1c2c3c(c1-c1cnccc1COC)CC(C)(C)COC(=O)[C@@H]1CCCN(N1)C(=O)[C@@H](NC(=O)[C@H](C(C)C)N(C)C(=O)CCCN=C=NCCCOC)Cc1cccc(c1)C(C=C2)C3. The third-order valence-corrected chi connectivity index (χ3v) is 12.8. The first-order chi connectivity index (χ1) is 31.8. The van der Waals surface area contributed by atoms with Gasteiger partial charge in [0.15, 0.2) is 0 Å². The number of esters is 1. The second kappa shape index (κ2) is 23.3. The summed E-state index contributed by atoms with van der Waals surface area (Å²) in [6.07, 6.45) is 12.3. The number of methoxy groups -OCH3 is 2. The fourth-order valence-corrected chi connectivity index (χ4v) is 9.48. The van der Waals surface area contributed by atoms with Crippen LogP contribution >= 0.6 is 0 Å². The van der Waals surface area contributed by atoms with Crippen molar-refractivity contribution in [3.63, 3.8) is 0 Å². The fourth-order valence-electron chi connectivity index (χ4n) is 9.48. The summed E-state index contributed by atoms with van der Waals surface area (Å²) in [5.41, 5.74) is 11.5. The highest BCUT2D eigenvalue weighted by molar-refractivity contribution is 5.92. The molecule has 1 aromatic carbocycles. The minimum absolute atomic E-state index is 0.0287. The highest BCUT2D eigenvalue weighted by Crippen LogP contribution is 2.43. The lowest BCUT2D eigenvalue weighted by atomic mass is 9.80. The predicted molar refractivity (Wildman–Crippen MR) is 255 cm³/mol. The van der Waals surface area contributed by atoms with Gasteiger partial charge in [-0.3, -0.25) is 29.2 Å². The monoisotopic (exact) mass is 907 g/mol. The molecule has 15 nitrogen and oxygen atoms in total. The number of cyclic esters (lactones) is 1. The van der Waals surface area contributed by atoms with Crippen molar-refractivity contribution in [2.45, 2.75) is 123 Å². The van der Waals surface area contributed by atoms with E-state index in [0.29, 0.717) is 58.5 Å². The quantitative estimate of drug-likeness (QED) is 0.0968. The maximum Gasteiger partial charge on any atom is 0.324 e.